The van der Waals surface area contributed by atoms with Gasteiger partial charge in [-0.05, 0) is 47.4 Å². The third-order valence-electron chi connectivity index (χ3n) is 7.09. The van der Waals surface area contributed by atoms with Gasteiger partial charge in [-0.2, -0.15) is 13.2 Å². The fraction of sp³-hybridized carbons (Fsp3) is 0.476. The normalized spacial score (nSPS) is 25.0. The molecule has 3 aromatic rings. The van der Waals surface area contributed by atoms with Crippen LogP contribution in [-0.2, 0) is 17.6 Å². The molecular formula is C21H18F7N7O. The van der Waals surface area contributed by atoms with Crippen LogP contribution in [0.1, 0.15) is 30.4 Å². The van der Waals surface area contributed by atoms with Crippen molar-refractivity contribution in [2.24, 2.45) is 5.41 Å². The van der Waals surface area contributed by atoms with Crippen molar-refractivity contribution in [3.05, 3.63) is 59.7 Å². The van der Waals surface area contributed by atoms with Crippen molar-refractivity contribution in [3.8, 4) is 0 Å². The van der Waals surface area contributed by atoms with Crippen LogP contribution in [0, 0.1) is 17.0 Å². The number of nitrogens with one attached hydrogen (secondary N) is 1. The smallest absolute Gasteiger partial charge is 0.377 e. The summed E-state index contributed by atoms with van der Waals surface area (Å²) < 4.78 is 98.3. The van der Waals surface area contributed by atoms with Crippen LogP contribution in [0.3, 0.4) is 0 Å². The topological polar surface area (TPSA) is 102 Å². The van der Waals surface area contributed by atoms with E-state index >= 15 is 8.78 Å². The molecular weight excluding hydrogens is 499 g/mol. The lowest BCUT2D eigenvalue weighted by atomic mass is 9.31. The number of hydrogen-bond acceptors (Lipinski definition) is 7. The van der Waals surface area contributed by atoms with Crippen molar-refractivity contribution < 1.29 is 35.8 Å². The Bertz CT molecular complexity index is 1250. The zero-order valence-electron chi connectivity index (χ0n) is 18.3. The number of rotatable bonds is 8. The molecule has 0 amide bonds. The van der Waals surface area contributed by atoms with Gasteiger partial charge in [-0.15, -0.1) is 5.10 Å². The lowest BCUT2D eigenvalue weighted by Crippen LogP contribution is -2.76. The number of halogens is 7. The summed E-state index contributed by atoms with van der Waals surface area (Å²) in [7, 11) is 0. The Kier molecular flexibility index (Phi) is 5.29. The number of hydrogen-bond donors (Lipinski definition) is 2. The standard InChI is InChI=1S/C21H18F7N7O/c22-13-1-2-14(15(23)3-13)19(36,10-35-11-32-33-34-35)21(27,28)18-6-17(7-18,8-18)12-4-29-16(30-5-12)31-9-20(24,25)26/h1-5,11,36H,6-10H2,(H,29,30,31)/t17?,18?,19-/m1/s1. The molecule has 3 aliphatic rings. The second kappa shape index (κ2) is 7.82. The van der Waals surface area contributed by atoms with Gasteiger partial charge in [0.15, 0.2) is 5.60 Å². The van der Waals surface area contributed by atoms with Gasteiger partial charge < -0.3 is 10.4 Å². The number of alkyl halides is 5. The van der Waals surface area contributed by atoms with Crippen molar-refractivity contribution in [2.45, 2.75) is 48.9 Å². The van der Waals surface area contributed by atoms with E-state index in [9.17, 15) is 27.1 Å². The van der Waals surface area contributed by atoms with Crippen molar-refractivity contribution in [1.29, 1.82) is 0 Å². The zero-order chi connectivity index (χ0) is 26.0. The van der Waals surface area contributed by atoms with Crippen LogP contribution in [0.15, 0.2) is 36.9 Å². The van der Waals surface area contributed by atoms with E-state index in [1.54, 1.807) is 0 Å². The van der Waals surface area contributed by atoms with E-state index in [2.05, 4.69) is 25.5 Å². The van der Waals surface area contributed by atoms with Gasteiger partial charge in [-0.1, -0.05) is 0 Å². The van der Waals surface area contributed by atoms with Gasteiger partial charge in [0.05, 0.1) is 6.54 Å². The molecule has 1 atom stereocenters. The number of aliphatic hydroxyl groups is 1. The quantitative estimate of drug-likeness (QED) is 0.442. The van der Waals surface area contributed by atoms with Crippen molar-refractivity contribution in [2.75, 3.05) is 11.9 Å². The minimum Gasteiger partial charge on any atom is -0.377 e. The molecule has 0 spiro atoms. The van der Waals surface area contributed by atoms with Gasteiger partial charge in [0.2, 0.25) is 5.95 Å². The average Bonchev–Trinajstić information content (AvgIpc) is 3.23. The highest BCUT2D eigenvalue weighted by Crippen LogP contribution is 2.80. The summed E-state index contributed by atoms with van der Waals surface area (Å²) in [5, 5.41) is 23.6. The summed E-state index contributed by atoms with van der Waals surface area (Å²) in [6.07, 6.45) is -1.24. The van der Waals surface area contributed by atoms with Gasteiger partial charge in [0.1, 0.15) is 24.5 Å². The maximum atomic E-state index is 16.1. The van der Waals surface area contributed by atoms with Crippen LogP contribution in [0.25, 0.3) is 0 Å². The third kappa shape index (κ3) is 3.67. The predicted molar refractivity (Wildman–Crippen MR) is 108 cm³/mol. The molecule has 3 aliphatic carbocycles. The Hall–Kier alpha value is -3.36. The maximum absolute atomic E-state index is 16.1. The van der Waals surface area contributed by atoms with Crippen LogP contribution >= 0.6 is 0 Å². The largest absolute Gasteiger partial charge is 0.405 e. The first kappa shape index (κ1) is 24.3. The molecule has 2 N–H and O–H groups in total. The van der Waals surface area contributed by atoms with Crippen LogP contribution in [-0.4, -0.2) is 53.9 Å². The van der Waals surface area contributed by atoms with E-state index in [4.69, 9.17) is 0 Å². The van der Waals surface area contributed by atoms with Gasteiger partial charge in [0, 0.05) is 34.9 Å². The molecule has 6 rings (SSSR count). The zero-order valence-corrected chi connectivity index (χ0v) is 18.3. The first-order valence-electron chi connectivity index (χ1n) is 10.7. The highest BCUT2D eigenvalue weighted by molar-refractivity contribution is 5.42. The molecule has 0 unspecified atom stereocenters. The Labute approximate surface area is 198 Å². The predicted octanol–water partition coefficient (Wildman–Crippen LogP) is 3.36. The van der Waals surface area contributed by atoms with Crippen LogP contribution in [0.4, 0.5) is 36.7 Å². The molecule has 0 radical (unpaired) electrons. The third-order valence-corrected chi connectivity index (χ3v) is 7.09. The summed E-state index contributed by atoms with van der Waals surface area (Å²) in [5.41, 5.74) is -5.91. The summed E-state index contributed by atoms with van der Waals surface area (Å²) in [6.45, 7) is -2.22. The van der Waals surface area contributed by atoms with Gasteiger partial charge in [-0.25, -0.2) is 32.2 Å². The van der Waals surface area contributed by atoms with Crippen molar-refractivity contribution >= 4 is 5.95 Å². The number of anilines is 1. The molecule has 3 saturated carbocycles. The fourth-order valence-electron chi connectivity index (χ4n) is 5.40. The van der Waals surface area contributed by atoms with Crippen molar-refractivity contribution in [3.63, 3.8) is 0 Å². The summed E-state index contributed by atoms with van der Waals surface area (Å²) >= 11 is 0. The monoisotopic (exact) mass is 517 g/mol. The highest BCUT2D eigenvalue weighted by atomic mass is 19.4. The minimum absolute atomic E-state index is 0.105. The Morgan fingerprint density at radius 2 is 1.69 bits per heavy atom. The summed E-state index contributed by atoms with van der Waals surface area (Å²) in [5.74, 6) is -6.50. The Morgan fingerprint density at radius 1 is 1.03 bits per heavy atom. The van der Waals surface area contributed by atoms with Crippen LogP contribution in [0.2, 0.25) is 0 Å². The second-order valence-corrected chi connectivity index (χ2v) is 9.42. The molecule has 2 heterocycles. The minimum atomic E-state index is -4.46. The highest BCUT2D eigenvalue weighted by Gasteiger charge is 2.82. The Morgan fingerprint density at radius 3 is 2.25 bits per heavy atom. The van der Waals surface area contributed by atoms with Gasteiger partial charge in [-0.3, -0.25) is 0 Å². The molecule has 15 heteroatoms. The number of aromatic nitrogens is 6. The van der Waals surface area contributed by atoms with Crippen LogP contribution < -0.4 is 5.32 Å². The molecule has 1 aromatic carbocycles. The number of tetrazole rings is 1. The number of benzene rings is 1. The second-order valence-electron chi connectivity index (χ2n) is 9.42. The maximum Gasteiger partial charge on any atom is 0.405 e. The summed E-state index contributed by atoms with van der Waals surface area (Å²) in [6, 6.07) is 1.95. The molecule has 192 valence electrons. The summed E-state index contributed by atoms with van der Waals surface area (Å²) in [4.78, 5) is 7.67. The average molecular weight is 517 g/mol. The molecule has 0 aliphatic heterocycles. The molecule has 2 aromatic heterocycles. The van der Waals surface area contributed by atoms with E-state index in [0.29, 0.717) is 11.6 Å². The molecule has 36 heavy (non-hydrogen) atoms. The fourth-order valence-corrected chi connectivity index (χ4v) is 5.40. The molecule has 0 saturated heterocycles. The Balaban J connectivity index is 1.39. The van der Waals surface area contributed by atoms with E-state index in [0.717, 1.165) is 23.1 Å². The molecule has 2 bridgehead atoms. The number of nitrogens with zero attached hydrogens (tertiary/aromatic N) is 6. The van der Waals surface area contributed by atoms with E-state index in [1.807, 2.05) is 5.32 Å². The SMILES string of the molecule is O[C@](Cn1cnnn1)(c1ccc(F)cc1F)C(F)(F)C12CC(c3cnc(NCC(F)(F)F)nc3)(C1)C2. The first-order chi connectivity index (χ1) is 16.8. The molecule has 3 fully saturated rings. The lowest BCUT2D eigenvalue weighted by Gasteiger charge is -2.74. The van der Waals surface area contributed by atoms with E-state index < -0.39 is 58.8 Å². The lowest BCUT2D eigenvalue weighted by molar-refractivity contribution is -0.347. The van der Waals surface area contributed by atoms with Gasteiger partial charge in [0.25, 0.3) is 5.92 Å². The molecule has 8 nitrogen and oxygen atoms in total. The van der Waals surface area contributed by atoms with E-state index in [1.165, 1.54) is 12.4 Å². The van der Waals surface area contributed by atoms with E-state index in [-0.39, 0.29) is 25.2 Å². The van der Waals surface area contributed by atoms with Gasteiger partial charge >= 0.3 is 6.18 Å². The first-order valence-corrected chi connectivity index (χ1v) is 10.7. The van der Waals surface area contributed by atoms with Crippen molar-refractivity contribution in [1.82, 2.24) is 30.2 Å². The van der Waals surface area contributed by atoms with Crippen LogP contribution in [0.5, 0.6) is 0 Å².